The second-order valence-corrected chi connectivity index (χ2v) is 4.09. The molecule has 1 heterocycles. The van der Waals surface area contributed by atoms with Gasteiger partial charge in [0.15, 0.2) is 6.17 Å². The van der Waals surface area contributed by atoms with Gasteiger partial charge in [-0.25, -0.2) is 0 Å². The first kappa shape index (κ1) is 10.7. The maximum absolute atomic E-state index is 5.36. The molecule has 2 aromatic rings. The van der Waals surface area contributed by atoms with Crippen molar-refractivity contribution in [3.63, 3.8) is 0 Å². The van der Waals surface area contributed by atoms with Crippen molar-refractivity contribution in [3.8, 4) is 0 Å². The Hall–Kier alpha value is -1.42. The van der Waals surface area contributed by atoms with Crippen LogP contribution in [0.1, 0.15) is 5.56 Å². The first-order chi connectivity index (χ1) is 8.40. The van der Waals surface area contributed by atoms with E-state index in [1.54, 1.807) is 7.11 Å². The summed E-state index contributed by atoms with van der Waals surface area (Å²) in [4.78, 5) is 5.36. The topological polar surface area (TPSA) is 24.5 Å². The maximum atomic E-state index is 5.36. The molecule has 3 heteroatoms. The van der Waals surface area contributed by atoms with Crippen molar-refractivity contribution in [2.75, 3.05) is 20.2 Å². The highest BCUT2D eigenvalue weighted by atomic mass is 16.7. The lowest BCUT2D eigenvalue weighted by atomic mass is 10.0. The number of nitrogens with one attached hydrogen (secondary N) is 1. The Bertz CT molecular complexity index is 521. The molecule has 0 atom stereocenters. The van der Waals surface area contributed by atoms with Crippen molar-refractivity contribution in [1.29, 1.82) is 0 Å². The number of nitrogens with zero attached hydrogens (tertiary/aromatic N) is 1. The molecule has 1 fully saturated rings. The predicted octanol–water partition coefficient (Wildman–Crippen LogP) is 2.14. The standard InChI is InChI=1S/C14H15N2O/c1-17-16-10-9-15-14(16)13-8-4-6-11-5-2-3-7-12(11)13/h2-8,15H,9-10H2,1H3. The summed E-state index contributed by atoms with van der Waals surface area (Å²) in [5.74, 6) is 0. The van der Waals surface area contributed by atoms with E-state index < -0.39 is 0 Å². The molecule has 0 amide bonds. The molecular weight excluding hydrogens is 212 g/mol. The second-order valence-electron chi connectivity index (χ2n) is 4.09. The van der Waals surface area contributed by atoms with Gasteiger partial charge < -0.3 is 0 Å². The van der Waals surface area contributed by atoms with Crippen molar-refractivity contribution in [3.05, 3.63) is 54.2 Å². The van der Waals surface area contributed by atoms with Crippen LogP contribution >= 0.6 is 0 Å². The average Bonchev–Trinajstić information content (AvgIpc) is 2.86. The zero-order valence-electron chi connectivity index (χ0n) is 9.81. The number of rotatable bonds is 2. The van der Waals surface area contributed by atoms with Crippen LogP contribution in [0.3, 0.4) is 0 Å². The molecule has 3 rings (SSSR count). The maximum Gasteiger partial charge on any atom is 0.160 e. The summed E-state index contributed by atoms with van der Waals surface area (Å²) in [5.41, 5.74) is 1.20. The van der Waals surface area contributed by atoms with E-state index in [1.165, 1.54) is 16.3 Å². The molecule has 17 heavy (non-hydrogen) atoms. The Morgan fingerprint density at radius 1 is 1.12 bits per heavy atom. The van der Waals surface area contributed by atoms with Crippen LogP contribution in [-0.2, 0) is 4.84 Å². The molecule has 1 aliphatic rings. The van der Waals surface area contributed by atoms with E-state index in [-0.39, 0.29) is 0 Å². The molecule has 1 saturated heterocycles. The van der Waals surface area contributed by atoms with Gasteiger partial charge >= 0.3 is 0 Å². The SMILES string of the molecule is CON1CCN[C]1c1cccc2ccccc12. The minimum Gasteiger partial charge on any atom is -0.300 e. The van der Waals surface area contributed by atoms with Gasteiger partial charge in [-0.1, -0.05) is 42.5 Å². The van der Waals surface area contributed by atoms with E-state index >= 15 is 0 Å². The molecule has 87 valence electrons. The fourth-order valence-electron chi connectivity index (χ4n) is 2.32. The third-order valence-electron chi connectivity index (χ3n) is 3.12. The smallest absolute Gasteiger partial charge is 0.160 e. The van der Waals surface area contributed by atoms with Gasteiger partial charge in [0.25, 0.3) is 0 Å². The van der Waals surface area contributed by atoms with E-state index in [0.717, 1.165) is 19.3 Å². The van der Waals surface area contributed by atoms with E-state index in [1.807, 2.05) is 5.06 Å². The highest BCUT2D eigenvalue weighted by molar-refractivity contribution is 5.87. The van der Waals surface area contributed by atoms with Crippen LogP contribution in [-0.4, -0.2) is 25.3 Å². The molecule has 1 N–H and O–H groups in total. The minimum absolute atomic E-state index is 0.884. The summed E-state index contributed by atoms with van der Waals surface area (Å²) in [6.45, 7) is 1.81. The van der Waals surface area contributed by atoms with Crippen molar-refractivity contribution in [2.45, 2.75) is 0 Å². The fraction of sp³-hybridized carbons (Fsp3) is 0.214. The van der Waals surface area contributed by atoms with E-state index in [0.29, 0.717) is 0 Å². The summed E-state index contributed by atoms with van der Waals surface area (Å²) in [5, 5.41) is 7.79. The normalized spacial score (nSPS) is 17.9. The predicted molar refractivity (Wildman–Crippen MR) is 68.0 cm³/mol. The summed E-state index contributed by atoms with van der Waals surface area (Å²) in [6.07, 6.45) is 1.06. The van der Waals surface area contributed by atoms with Gasteiger partial charge in [0.05, 0.1) is 7.11 Å². The van der Waals surface area contributed by atoms with Gasteiger partial charge in [-0.2, -0.15) is 5.06 Å². The van der Waals surface area contributed by atoms with Crippen molar-refractivity contribution < 1.29 is 4.84 Å². The van der Waals surface area contributed by atoms with Crippen LogP contribution in [0.2, 0.25) is 0 Å². The lowest BCUT2D eigenvalue weighted by Crippen LogP contribution is -2.27. The molecule has 0 unspecified atom stereocenters. The summed E-state index contributed by atoms with van der Waals surface area (Å²) in [6, 6.07) is 14.7. The minimum atomic E-state index is 0.884. The van der Waals surface area contributed by atoms with Crippen LogP contribution in [0.4, 0.5) is 0 Å². The summed E-state index contributed by atoms with van der Waals surface area (Å²) >= 11 is 0. The number of hydrogen-bond donors (Lipinski definition) is 1. The highest BCUT2D eigenvalue weighted by Gasteiger charge is 2.28. The number of benzene rings is 2. The van der Waals surface area contributed by atoms with Gasteiger partial charge in [-0.3, -0.25) is 10.2 Å². The Morgan fingerprint density at radius 2 is 1.94 bits per heavy atom. The molecule has 3 nitrogen and oxygen atoms in total. The quantitative estimate of drug-likeness (QED) is 0.850. The van der Waals surface area contributed by atoms with E-state index in [2.05, 4.69) is 47.8 Å². The molecule has 0 spiro atoms. The lowest BCUT2D eigenvalue weighted by molar-refractivity contribution is -0.103. The molecule has 0 aromatic heterocycles. The van der Waals surface area contributed by atoms with Gasteiger partial charge in [0.2, 0.25) is 0 Å². The molecule has 0 bridgehead atoms. The molecule has 1 aliphatic heterocycles. The molecule has 2 aromatic carbocycles. The summed E-state index contributed by atoms with van der Waals surface area (Å²) < 4.78 is 0. The fourth-order valence-corrected chi connectivity index (χ4v) is 2.32. The molecule has 0 saturated carbocycles. The Balaban J connectivity index is 2.10. The Morgan fingerprint density at radius 3 is 2.82 bits per heavy atom. The van der Waals surface area contributed by atoms with E-state index in [9.17, 15) is 0 Å². The lowest BCUT2D eigenvalue weighted by Gasteiger charge is -2.21. The third kappa shape index (κ3) is 1.82. The van der Waals surface area contributed by atoms with Crippen molar-refractivity contribution >= 4 is 10.8 Å². The zero-order valence-corrected chi connectivity index (χ0v) is 9.81. The van der Waals surface area contributed by atoms with Crippen LogP contribution in [0, 0.1) is 6.17 Å². The van der Waals surface area contributed by atoms with Crippen LogP contribution in [0.25, 0.3) is 10.8 Å². The second kappa shape index (κ2) is 4.45. The molecular formula is C14H15N2O. The van der Waals surface area contributed by atoms with Crippen molar-refractivity contribution in [1.82, 2.24) is 10.4 Å². The summed E-state index contributed by atoms with van der Waals surface area (Å²) in [7, 11) is 1.71. The number of fused-ring (bicyclic) bond motifs is 1. The average molecular weight is 227 g/mol. The zero-order chi connectivity index (χ0) is 11.7. The van der Waals surface area contributed by atoms with E-state index in [4.69, 9.17) is 4.84 Å². The van der Waals surface area contributed by atoms with Crippen LogP contribution in [0.15, 0.2) is 42.5 Å². The largest absolute Gasteiger partial charge is 0.300 e. The van der Waals surface area contributed by atoms with Crippen LogP contribution < -0.4 is 5.32 Å². The Kier molecular flexibility index (Phi) is 2.81. The molecule has 0 aliphatic carbocycles. The van der Waals surface area contributed by atoms with Gasteiger partial charge in [-0.15, -0.1) is 0 Å². The monoisotopic (exact) mass is 227 g/mol. The Labute approximate surface area is 101 Å². The van der Waals surface area contributed by atoms with Gasteiger partial charge in [0.1, 0.15) is 0 Å². The van der Waals surface area contributed by atoms with Gasteiger partial charge in [-0.05, 0) is 10.8 Å². The molecule has 1 radical (unpaired) electrons. The van der Waals surface area contributed by atoms with Crippen molar-refractivity contribution in [2.24, 2.45) is 0 Å². The number of hydrogen-bond acceptors (Lipinski definition) is 3. The first-order valence-electron chi connectivity index (χ1n) is 5.81. The third-order valence-corrected chi connectivity index (χ3v) is 3.12. The van der Waals surface area contributed by atoms with Crippen LogP contribution in [0.5, 0.6) is 0 Å². The highest BCUT2D eigenvalue weighted by Crippen LogP contribution is 2.27. The number of hydroxylamine groups is 2. The first-order valence-corrected chi connectivity index (χ1v) is 5.81. The van der Waals surface area contributed by atoms with Gasteiger partial charge in [0, 0.05) is 18.7 Å².